The molecule has 7 nitrogen and oxygen atoms in total. The predicted molar refractivity (Wildman–Crippen MR) is 123 cm³/mol. The molecule has 0 bridgehead atoms. The molecule has 30 heavy (non-hydrogen) atoms. The number of nitrogens with two attached hydrogens (primary N) is 1. The zero-order chi connectivity index (χ0) is 20.7. The van der Waals surface area contributed by atoms with Crippen molar-refractivity contribution in [3.05, 3.63) is 65.9 Å². The number of hydrogen-bond acceptors (Lipinski definition) is 6. The Morgan fingerprint density at radius 1 is 1.20 bits per heavy atom. The van der Waals surface area contributed by atoms with Gasteiger partial charge >= 0.3 is 0 Å². The molecule has 2 aliphatic rings. The van der Waals surface area contributed by atoms with E-state index in [1.807, 2.05) is 60.5 Å². The topological polar surface area (TPSA) is 98.9 Å². The molecule has 0 saturated carbocycles. The quantitative estimate of drug-likeness (QED) is 0.608. The summed E-state index contributed by atoms with van der Waals surface area (Å²) in [5.41, 5.74) is 10.2. The summed E-state index contributed by atoms with van der Waals surface area (Å²) < 4.78 is 0. The van der Waals surface area contributed by atoms with E-state index in [-0.39, 0.29) is 11.2 Å². The highest BCUT2D eigenvalue weighted by molar-refractivity contribution is 8.15. The minimum atomic E-state index is -0.445. The number of nitrogens with one attached hydrogen (secondary N) is 2. The van der Waals surface area contributed by atoms with Crippen molar-refractivity contribution >= 4 is 45.4 Å². The molecule has 8 heteroatoms. The molecule has 0 saturated heterocycles. The van der Waals surface area contributed by atoms with Crippen LogP contribution in [0.15, 0.2) is 64.7 Å². The first-order valence-electron chi connectivity index (χ1n) is 9.90. The lowest BCUT2D eigenvalue weighted by Crippen LogP contribution is -2.41. The zero-order valence-electron chi connectivity index (χ0n) is 16.5. The van der Waals surface area contributed by atoms with Crippen molar-refractivity contribution in [3.8, 4) is 0 Å². The van der Waals surface area contributed by atoms with Crippen molar-refractivity contribution in [2.75, 3.05) is 11.4 Å². The molecule has 2 aliphatic heterocycles. The number of aromatic nitrogens is 1. The van der Waals surface area contributed by atoms with E-state index in [2.05, 4.69) is 21.4 Å². The summed E-state index contributed by atoms with van der Waals surface area (Å²) in [6.07, 6.45) is 2.36. The number of H-pyrrole nitrogens is 1. The van der Waals surface area contributed by atoms with Crippen LogP contribution >= 0.6 is 11.8 Å². The molecule has 4 N–H and O–H groups in total. The maximum atomic E-state index is 13.1. The molecule has 3 aromatic rings. The normalized spacial score (nSPS) is 19.1. The Bertz CT molecular complexity index is 1180. The number of anilines is 1. The van der Waals surface area contributed by atoms with Gasteiger partial charge in [-0.05, 0) is 31.0 Å². The van der Waals surface area contributed by atoms with Crippen molar-refractivity contribution in [3.63, 3.8) is 0 Å². The Morgan fingerprint density at radius 3 is 2.90 bits per heavy atom. The van der Waals surface area contributed by atoms with Gasteiger partial charge in [0, 0.05) is 34.9 Å². The van der Waals surface area contributed by atoms with Gasteiger partial charge in [0.1, 0.15) is 0 Å². The maximum Gasteiger partial charge on any atom is 0.240 e. The monoisotopic (exact) mass is 418 g/mol. The number of aliphatic imine (C=N–C) groups is 2. The molecule has 3 heterocycles. The van der Waals surface area contributed by atoms with Gasteiger partial charge in [0.25, 0.3) is 0 Å². The molecule has 0 radical (unpaired) electrons. The number of carbonyl (C=O) groups is 1. The van der Waals surface area contributed by atoms with Crippen molar-refractivity contribution < 1.29 is 4.79 Å². The van der Waals surface area contributed by atoms with Gasteiger partial charge in [-0.2, -0.15) is 0 Å². The molecule has 1 aromatic heterocycles. The lowest BCUT2D eigenvalue weighted by Gasteiger charge is -2.24. The van der Waals surface area contributed by atoms with Crippen LogP contribution in [0.2, 0.25) is 0 Å². The number of aromatic amines is 1. The minimum Gasteiger partial charge on any atom is -0.370 e. The lowest BCUT2D eigenvalue weighted by atomic mass is 10.1. The number of carbonyl (C=O) groups excluding carboxylic acids is 1. The highest BCUT2D eigenvalue weighted by atomic mass is 32.2. The Labute approximate surface area is 178 Å². The number of thioether (sulfide) groups is 1. The average Bonchev–Trinajstić information content (AvgIpc) is 3.37. The molecule has 0 aliphatic carbocycles. The van der Waals surface area contributed by atoms with E-state index in [0.29, 0.717) is 17.7 Å². The summed E-state index contributed by atoms with van der Waals surface area (Å²) in [5.74, 6) is 0.369. The van der Waals surface area contributed by atoms with E-state index >= 15 is 0 Å². The van der Waals surface area contributed by atoms with Crippen molar-refractivity contribution in [1.82, 2.24) is 10.3 Å². The second-order valence-corrected chi connectivity index (χ2v) is 8.70. The number of rotatable bonds is 3. The Balaban J connectivity index is 1.36. The second kappa shape index (κ2) is 7.53. The molecule has 2 atom stereocenters. The second-order valence-electron chi connectivity index (χ2n) is 7.37. The van der Waals surface area contributed by atoms with Gasteiger partial charge in [0.15, 0.2) is 17.3 Å². The molecular weight excluding hydrogens is 396 g/mol. The van der Waals surface area contributed by atoms with Crippen LogP contribution in [0.5, 0.6) is 0 Å². The van der Waals surface area contributed by atoms with Gasteiger partial charge in [-0.3, -0.25) is 4.79 Å². The summed E-state index contributed by atoms with van der Waals surface area (Å²) in [4.78, 5) is 27.4. The van der Waals surface area contributed by atoms with Gasteiger partial charge in [-0.15, -0.1) is 0 Å². The van der Waals surface area contributed by atoms with Crippen LogP contribution in [0.4, 0.5) is 5.69 Å². The van der Waals surface area contributed by atoms with E-state index < -0.39 is 6.17 Å². The number of nitrogens with zero attached hydrogens (tertiary/aromatic N) is 3. The third kappa shape index (κ3) is 3.33. The smallest absolute Gasteiger partial charge is 0.240 e. The van der Waals surface area contributed by atoms with Crippen LogP contribution in [0.25, 0.3) is 10.9 Å². The highest BCUT2D eigenvalue weighted by Crippen LogP contribution is 2.32. The van der Waals surface area contributed by atoms with Crippen LogP contribution < -0.4 is 16.0 Å². The average molecular weight is 419 g/mol. The van der Waals surface area contributed by atoms with Gasteiger partial charge in [0.05, 0.1) is 5.25 Å². The minimum absolute atomic E-state index is 0.0687. The maximum absolute atomic E-state index is 13.1. The van der Waals surface area contributed by atoms with E-state index in [0.717, 1.165) is 28.6 Å². The van der Waals surface area contributed by atoms with Crippen LogP contribution in [-0.4, -0.2) is 33.8 Å². The van der Waals surface area contributed by atoms with Gasteiger partial charge < -0.3 is 20.9 Å². The van der Waals surface area contributed by atoms with Crippen LogP contribution in [-0.2, 0) is 11.2 Å². The number of benzene rings is 2. The summed E-state index contributed by atoms with van der Waals surface area (Å²) >= 11 is 1.38. The summed E-state index contributed by atoms with van der Waals surface area (Å²) in [6, 6.07) is 16.1. The van der Waals surface area contributed by atoms with E-state index in [4.69, 9.17) is 10.7 Å². The number of amidine groups is 1. The van der Waals surface area contributed by atoms with E-state index in [1.54, 1.807) is 0 Å². The third-order valence-corrected chi connectivity index (χ3v) is 6.41. The van der Waals surface area contributed by atoms with Crippen molar-refractivity contribution in [2.45, 2.75) is 24.8 Å². The number of fused-ring (bicyclic) bond motifs is 2. The van der Waals surface area contributed by atoms with E-state index in [1.165, 1.54) is 17.3 Å². The van der Waals surface area contributed by atoms with Gasteiger partial charge in [-0.25, -0.2) is 9.98 Å². The Morgan fingerprint density at radius 2 is 2.00 bits per heavy atom. The number of para-hydroxylation sites is 2. The predicted octanol–water partition coefficient (Wildman–Crippen LogP) is 3.15. The first-order chi connectivity index (χ1) is 14.6. The molecule has 152 valence electrons. The van der Waals surface area contributed by atoms with Gasteiger partial charge in [0.2, 0.25) is 5.91 Å². The zero-order valence-corrected chi connectivity index (χ0v) is 17.3. The van der Waals surface area contributed by atoms with Crippen molar-refractivity contribution in [2.24, 2.45) is 15.7 Å². The molecular formula is C22H22N6OS. The molecule has 0 spiro atoms. The molecule has 2 aromatic carbocycles. The van der Waals surface area contributed by atoms with Crippen molar-refractivity contribution in [1.29, 1.82) is 0 Å². The molecule has 0 fully saturated rings. The number of guanidine groups is 1. The lowest BCUT2D eigenvalue weighted by molar-refractivity contribution is -0.117. The highest BCUT2D eigenvalue weighted by Gasteiger charge is 2.30. The SMILES string of the molecule is C[C@H](SC1=N[C@@H](c2c[nH]c3ccccc23)N=C(N)N1)C(=O)N1CCc2ccccc21. The third-order valence-electron chi connectivity index (χ3n) is 5.42. The van der Waals surface area contributed by atoms with Crippen LogP contribution in [0.3, 0.4) is 0 Å². The fourth-order valence-electron chi connectivity index (χ4n) is 3.96. The number of hydrogen-bond donors (Lipinski definition) is 3. The van der Waals surface area contributed by atoms with E-state index in [9.17, 15) is 4.79 Å². The Kier molecular flexibility index (Phi) is 4.71. The molecule has 5 rings (SSSR count). The van der Waals surface area contributed by atoms with Crippen LogP contribution in [0, 0.1) is 0 Å². The fraction of sp³-hybridized carbons (Fsp3) is 0.227. The standard InChI is InChI=1S/C22H22N6OS/c1-13(20(29)28-11-10-14-6-2-5-9-18(14)28)30-22-26-19(25-21(23)27-22)16-12-24-17-8-4-3-7-15(16)17/h2-9,12-13,19,24H,10-11H2,1H3,(H3,23,25,26,27)/t13-,19-/m0/s1. The molecule has 1 amide bonds. The summed E-state index contributed by atoms with van der Waals surface area (Å²) in [7, 11) is 0. The molecule has 0 unspecified atom stereocenters. The summed E-state index contributed by atoms with van der Waals surface area (Å²) in [6.45, 7) is 2.62. The Hall–Kier alpha value is -3.26. The largest absolute Gasteiger partial charge is 0.370 e. The first-order valence-corrected chi connectivity index (χ1v) is 10.8. The fourth-order valence-corrected chi connectivity index (χ4v) is 4.84. The summed E-state index contributed by atoms with van der Waals surface area (Å²) in [5, 5.41) is 4.37. The van der Waals surface area contributed by atoms with Gasteiger partial charge in [-0.1, -0.05) is 48.2 Å². The first kappa shape index (κ1) is 18.7. The van der Waals surface area contributed by atoms with Crippen LogP contribution in [0.1, 0.15) is 24.2 Å². The number of amides is 1.